The van der Waals surface area contributed by atoms with Crippen molar-refractivity contribution in [1.29, 1.82) is 0 Å². The zero-order valence-corrected chi connectivity index (χ0v) is 11.6. The van der Waals surface area contributed by atoms with Crippen LogP contribution < -0.4 is 0 Å². The van der Waals surface area contributed by atoms with Crippen LogP contribution in [0.25, 0.3) is 0 Å². The van der Waals surface area contributed by atoms with Crippen LogP contribution in [-0.4, -0.2) is 24.8 Å². The summed E-state index contributed by atoms with van der Waals surface area (Å²) in [4.78, 5) is 9.21. The van der Waals surface area contributed by atoms with E-state index in [2.05, 4.69) is 19.1 Å². The second-order valence-electron chi connectivity index (χ2n) is 3.42. The Kier molecular flexibility index (Phi) is 8.40. The molecule has 0 aromatic heterocycles. The Labute approximate surface area is 99.0 Å². The van der Waals surface area contributed by atoms with E-state index >= 15 is 0 Å². The van der Waals surface area contributed by atoms with Crippen molar-refractivity contribution in [2.24, 2.45) is 0 Å². The van der Waals surface area contributed by atoms with Gasteiger partial charge in [-0.2, -0.15) is 0 Å². The molecule has 0 saturated carbocycles. The molecule has 3 nitrogen and oxygen atoms in total. The summed E-state index contributed by atoms with van der Waals surface area (Å²) in [6.07, 6.45) is 0. The zero-order chi connectivity index (χ0) is 12.4. The number of rotatable bonds is 4. The van der Waals surface area contributed by atoms with Crippen molar-refractivity contribution in [3.05, 3.63) is 35.9 Å². The molecule has 94 valence electrons. The molecule has 0 aliphatic carbocycles. The van der Waals surface area contributed by atoms with Gasteiger partial charge in [0.1, 0.15) is 0 Å². The van der Waals surface area contributed by atoms with Gasteiger partial charge in [-0.25, -0.2) is 0 Å². The maximum absolute atomic E-state index is 9.21. The predicted octanol–water partition coefficient (Wildman–Crippen LogP) is 3.17. The van der Waals surface area contributed by atoms with Crippen molar-refractivity contribution in [3.8, 4) is 0 Å². The summed E-state index contributed by atoms with van der Waals surface area (Å²) in [6.45, 7) is 8.39. The second-order valence-corrected chi connectivity index (χ2v) is 5.79. The Bertz CT molecular complexity index is 254. The number of aryl methyl sites for hydroxylation is 1. The SMILES string of the molecule is CCO[PH](C)(O)OCC.Cc1ccccc1. The standard InChI is InChI=1S/C7H8.C5H15O3P/c1-7-5-3-2-4-6-7;1-4-7-9(3,6)8-5-2/h2-6H,1H3;6,9H,4-5H2,1-3H3. The first-order chi connectivity index (χ1) is 7.52. The van der Waals surface area contributed by atoms with E-state index in [1.807, 2.05) is 32.0 Å². The molecule has 1 N–H and O–H groups in total. The van der Waals surface area contributed by atoms with E-state index in [-0.39, 0.29) is 0 Å². The van der Waals surface area contributed by atoms with Gasteiger partial charge >= 0.3 is 55.6 Å². The van der Waals surface area contributed by atoms with Crippen LogP contribution in [-0.2, 0) is 9.05 Å². The van der Waals surface area contributed by atoms with Crippen LogP contribution in [0.3, 0.4) is 0 Å². The maximum Gasteiger partial charge on any atom is -0.0398 e. The van der Waals surface area contributed by atoms with Crippen molar-refractivity contribution in [2.45, 2.75) is 20.8 Å². The first kappa shape index (κ1) is 15.5. The molecule has 1 aromatic rings. The summed E-state index contributed by atoms with van der Waals surface area (Å²) >= 11 is 0. The van der Waals surface area contributed by atoms with E-state index in [0.717, 1.165) is 0 Å². The summed E-state index contributed by atoms with van der Waals surface area (Å²) in [5.41, 5.74) is 1.32. The topological polar surface area (TPSA) is 38.7 Å². The molecular weight excluding hydrogens is 223 g/mol. The van der Waals surface area contributed by atoms with Gasteiger partial charge < -0.3 is 0 Å². The molecule has 0 fully saturated rings. The van der Waals surface area contributed by atoms with Gasteiger partial charge in [-0.15, -0.1) is 0 Å². The third-order valence-corrected chi connectivity index (χ3v) is 3.41. The molecule has 1 aromatic carbocycles. The fraction of sp³-hybridized carbons (Fsp3) is 0.500. The van der Waals surface area contributed by atoms with Crippen LogP contribution in [0, 0.1) is 6.92 Å². The van der Waals surface area contributed by atoms with Crippen LogP contribution >= 0.6 is 7.94 Å². The third-order valence-electron chi connectivity index (χ3n) is 1.76. The fourth-order valence-electron chi connectivity index (χ4n) is 1.11. The van der Waals surface area contributed by atoms with Crippen LogP contribution in [0.2, 0.25) is 0 Å². The minimum absolute atomic E-state index is 0.513. The Hall–Kier alpha value is -0.470. The van der Waals surface area contributed by atoms with Crippen LogP contribution in [0.4, 0.5) is 0 Å². The zero-order valence-electron chi connectivity index (χ0n) is 10.6. The largest absolute Gasteiger partial charge is 0.0622 e. The average Bonchev–Trinajstić information content (AvgIpc) is 2.19. The smallest absolute Gasteiger partial charge is 0.0398 e. The third kappa shape index (κ3) is 8.81. The molecule has 0 aliphatic rings. The molecule has 0 bridgehead atoms. The van der Waals surface area contributed by atoms with Gasteiger partial charge in [-0.3, -0.25) is 0 Å². The summed E-state index contributed by atoms with van der Waals surface area (Å²) in [6, 6.07) is 10.3. The monoisotopic (exact) mass is 246 g/mol. The molecular formula is C12H23O3P. The number of benzene rings is 1. The maximum atomic E-state index is 9.21. The second kappa shape index (κ2) is 8.66. The van der Waals surface area contributed by atoms with Crippen molar-refractivity contribution >= 4 is 7.94 Å². The first-order valence-corrected chi connectivity index (χ1v) is 7.80. The van der Waals surface area contributed by atoms with Gasteiger partial charge in [-0.05, 0) is 6.92 Å². The Morgan fingerprint density at radius 3 is 1.75 bits per heavy atom. The van der Waals surface area contributed by atoms with Gasteiger partial charge in [0, 0.05) is 0 Å². The Morgan fingerprint density at radius 1 is 1.06 bits per heavy atom. The molecule has 0 spiro atoms. The van der Waals surface area contributed by atoms with Crippen LogP contribution in [0.1, 0.15) is 19.4 Å². The van der Waals surface area contributed by atoms with Crippen LogP contribution in [0.5, 0.6) is 0 Å². The molecule has 0 unspecified atom stereocenters. The van der Waals surface area contributed by atoms with Crippen molar-refractivity contribution in [3.63, 3.8) is 0 Å². The van der Waals surface area contributed by atoms with Gasteiger partial charge in [-0.1, -0.05) is 35.9 Å². The molecule has 1 rings (SSSR count). The van der Waals surface area contributed by atoms with Gasteiger partial charge in [0.15, 0.2) is 0 Å². The van der Waals surface area contributed by atoms with E-state index in [9.17, 15) is 4.89 Å². The summed E-state index contributed by atoms with van der Waals surface area (Å²) in [7, 11) is -2.70. The summed E-state index contributed by atoms with van der Waals surface area (Å²) in [5, 5.41) is 0. The summed E-state index contributed by atoms with van der Waals surface area (Å²) in [5.74, 6) is 0. The quantitative estimate of drug-likeness (QED) is 0.829. The van der Waals surface area contributed by atoms with Gasteiger partial charge in [0.05, 0.1) is 0 Å². The Balaban J connectivity index is 0.000000288. The first-order valence-electron chi connectivity index (χ1n) is 5.53. The average molecular weight is 246 g/mol. The Morgan fingerprint density at radius 2 is 1.50 bits per heavy atom. The van der Waals surface area contributed by atoms with Gasteiger partial charge in [0.25, 0.3) is 0 Å². The molecule has 0 heterocycles. The molecule has 4 heteroatoms. The van der Waals surface area contributed by atoms with Crippen LogP contribution in [0.15, 0.2) is 30.3 Å². The van der Waals surface area contributed by atoms with Crippen molar-refractivity contribution < 1.29 is 13.9 Å². The molecule has 0 aliphatic heterocycles. The van der Waals surface area contributed by atoms with Crippen molar-refractivity contribution in [1.82, 2.24) is 0 Å². The fourth-order valence-corrected chi connectivity index (χ4v) is 2.27. The number of hydrogen-bond acceptors (Lipinski definition) is 3. The minimum Gasteiger partial charge on any atom is -0.0622 e. The van der Waals surface area contributed by atoms with E-state index in [1.54, 1.807) is 6.66 Å². The molecule has 16 heavy (non-hydrogen) atoms. The molecule has 0 amide bonds. The minimum atomic E-state index is -2.70. The van der Waals surface area contributed by atoms with E-state index in [4.69, 9.17) is 9.05 Å². The van der Waals surface area contributed by atoms with E-state index < -0.39 is 7.94 Å². The molecule has 0 radical (unpaired) electrons. The summed E-state index contributed by atoms with van der Waals surface area (Å²) < 4.78 is 9.88. The molecule has 0 atom stereocenters. The van der Waals surface area contributed by atoms with Gasteiger partial charge in [0.2, 0.25) is 0 Å². The van der Waals surface area contributed by atoms with E-state index in [1.165, 1.54) is 5.56 Å². The number of hydrogen-bond donors (Lipinski definition) is 1. The van der Waals surface area contributed by atoms with Crippen molar-refractivity contribution in [2.75, 3.05) is 19.9 Å². The molecule has 0 saturated heterocycles. The predicted molar refractivity (Wildman–Crippen MR) is 70.9 cm³/mol. The van der Waals surface area contributed by atoms with E-state index in [0.29, 0.717) is 13.2 Å². The normalized spacial score (nSPS) is 11.6.